The molecular weight excluding hydrogens is 227 g/mol. The Morgan fingerprint density at radius 3 is 2.69 bits per heavy atom. The Bertz CT molecular complexity index is 342. The van der Waals surface area contributed by atoms with Crippen molar-refractivity contribution < 1.29 is 4.39 Å². The standard InChI is InChI=1S/C12H18ClFN2/c1-8(2)12(6-15)16-7-9-5-10(13)3-4-11(9)14/h3-5,8,12,16H,6-7,15H2,1-2H3. The highest BCUT2D eigenvalue weighted by atomic mass is 35.5. The number of rotatable bonds is 5. The molecule has 0 spiro atoms. The fourth-order valence-electron chi connectivity index (χ4n) is 1.51. The van der Waals surface area contributed by atoms with Crippen LogP contribution in [0.25, 0.3) is 0 Å². The largest absolute Gasteiger partial charge is 0.329 e. The predicted molar refractivity (Wildman–Crippen MR) is 65.9 cm³/mol. The number of nitrogens with one attached hydrogen (secondary N) is 1. The lowest BCUT2D eigenvalue weighted by atomic mass is 10.0. The quantitative estimate of drug-likeness (QED) is 0.836. The molecule has 2 nitrogen and oxygen atoms in total. The topological polar surface area (TPSA) is 38.0 Å². The molecule has 0 amide bonds. The van der Waals surface area contributed by atoms with Crippen LogP contribution in [-0.4, -0.2) is 12.6 Å². The van der Waals surface area contributed by atoms with Gasteiger partial charge in [0.05, 0.1) is 0 Å². The van der Waals surface area contributed by atoms with Gasteiger partial charge in [0.2, 0.25) is 0 Å². The van der Waals surface area contributed by atoms with Gasteiger partial charge in [-0.1, -0.05) is 25.4 Å². The highest BCUT2D eigenvalue weighted by molar-refractivity contribution is 6.30. The maximum Gasteiger partial charge on any atom is 0.127 e. The molecule has 0 aliphatic carbocycles. The second-order valence-electron chi connectivity index (χ2n) is 4.20. The summed E-state index contributed by atoms with van der Waals surface area (Å²) in [6.07, 6.45) is 0. The van der Waals surface area contributed by atoms with Crippen LogP contribution in [0.2, 0.25) is 5.02 Å². The van der Waals surface area contributed by atoms with E-state index < -0.39 is 0 Å². The Kier molecular flexibility index (Phi) is 5.19. The van der Waals surface area contributed by atoms with Crippen LogP contribution in [0.4, 0.5) is 4.39 Å². The van der Waals surface area contributed by atoms with Gasteiger partial charge in [-0.3, -0.25) is 0 Å². The molecule has 1 aromatic rings. The normalized spacial score (nSPS) is 13.1. The molecule has 0 aliphatic heterocycles. The Hall–Kier alpha value is -0.640. The van der Waals surface area contributed by atoms with E-state index >= 15 is 0 Å². The van der Waals surface area contributed by atoms with E-state index in [1.807, 2.05) is 0 Å². The summed E-state index contributed by atoms with van der Waals surface area (Å²) >= 11 is 5.81. The summed E-state index contributed by atoms with van der Waals surface area (Å²) in [6, 6.07) is 4.76. The summed E-state index contributed by atoms with van der Waals surface area (Å²) in [7, 11) is 0. The Morgan fingerprint density at radius 1 is 1.44 bits per heavy atom. The van der Waals surface area contributed by atoms with Crippen molar-refractivity contribution in [3.63, 3.8) is 0 Å². The molecule has 1 aromatic carbocycles. The molecule has 0 heterocycles. The van der Waals surface area contributed by atoms with E-state index in [1.54, 1.807) is 12.1 Å². The van der Waals surface area contributed by atoms with Crippen molar-refractivity contribution in [3.8, 4) is 0 Å². The van der Waals surface area contributed by atoms with Crippen LogP contribution in [0.5, 0.6) is 0 Å². The van der Waals surface area contributed by atoms with Crippen LogP contribution in [0.1, 0.15) is 19.4 Å². The summed E-state index contributed by atoms with van der Waals surface area (Å²) in [6.45, 7) is 5.16. The zero-order chi connectivity index (χ0) is 12.1. The van der Waals surface area contributed by atoms with Crippen molar-refractivity contribution in [2.75, 3.05) is 6.54 Å². The van der Waals surface area contributed by atoms with E-state index in [4.69, 9.17) is 17.3 Å². The van der Waals surface area contributed by atoms with E-state index in [9.17, 15) is 4.39 Å². The van der Waals surface area contributed by atoms with Gasteiger partial charge >= 0.3 is 0 Å². The summed E-state index contributed by atoms with van der Waals surface area (Å²) < 4.78 is 13.4. The third kappa shape index (κ3) is 3.74. The minimum Gasteiger partial charge on any atom is -0.329 e. The molecule has 3 N–H and O–H groups in total. The third-order valence-corrected chi connectivity index (χ3v) is 2.86. The minimum atomic E-state index is -0.239. The third-order valence-electron chi connectivity index (χ3n) is 2.62. The zero-order valence-corrected chi connectivity index (χ0v) is 10.4. The minimum absolute atomic E-state index is 0.193. The van der Waals surface area contributed by atoms with Gasteiger partial charge in [-0.15, -0.1) is 0 Å². The molecule has 0 aliphatic rings. The van der Waals surface area contributed by atoms with Gasteiger partial charge in [-0.25, -0.2) is 4.39 Å². The van der Waals surface area contributed by atoms with Gasteiger partial charge in [-0.05, 0) is 24.1 Å². The van der Waals surface area contributed by atoms with Crippen LogP contribution >= 0.6 is 11.6 Å². The van der Waals surface area contributed by atoms with Crippen molar-refractivity contribution >= 4 is 11.6 Å². The molecular formula is C12H18ClFN2. The van der Waals surface area contributed by atoms with Crippen molar-refractivity contribution in [2.45, 2.75) is 26.4 Å². The number of nitrogens with two attached hydrogens (primary N) is 1. The van der Waals surface area contributed by atoms with E-state index in [1.165, 1.54) is 6.07 Å². The number of hydrogen-bond acceptors (Lipinski definition) is 2. The Labute approximate surface area is 101 Å². The van der Waals surface area contributed by atoms with Gasteiger partial charge in [0.1, 0.15) is 5.82 Å². The van der Waals surface area contributed by atoms with Crippen molar-refractivity contribution in [1.29, 1.82) is 0 Å². The lowest BCUT2D eigenvalue weighted by molar-refractivity contribution is 0.401. The van der Waals surface area contributed by atoms with Crippen molar-refractivity contribution in [1.82, 2.24) is 5.32 Å². The van der Waals surface area contributed by atoms with E-state index in [-0.39, 0.29) is 11.9 Å². The van der Waals surface area contributed by atoms with Crippen LogP contribution in [0, 0.1) is 11.7 Å². The first kappa shape index (κ1) is 13.4. The van der Waals surface area contributed by atoms with Gasteiger partial charge < -0.3 is 11.1 Å². The first-order valence-corrected chi connectivity index (χ1v) is 5.79. The summed E-state index contributed by atoms with van der Waals surface area (Å²) in [4.78, 5) is 0. The van der Waals surface area contributed by atoms with E-state index in [0.29, 0.717) is 29.6 Å². The second kappa shape index (κ2) is 6.18. The molecule has 0 fully saturated rings. The Morgan fingerprint density at radius 2 is 2.12 bits per heavy atom. The fourth-order valence-corrected chi connectivity index (χ4v) is 1.71. The number of halogens is 2. The lowest BCUT2D eigenvalue weighted by Crippen LogP contribution is -2.39. The first-order valence-electron chi connectivity index (χ1n) is 5.42. The SMILES string of the molecule is CC(C)C(CN)NCc1cc(Cl)ccc1F. The summed E-state index contributed by atoms with van der Waals surface area (Å²) in [5.41, 5.74) is 6.20. The fraction of sp³-hybridized carbons (Fsp3) is 0.500. The Balaban J connectivity index is 2.63. The number of hydrogen-bond donors (Lipinski definition) is 2. The van der Waals surface area contributed by atoms with Gasteiger partial charge in [0.25, 0.3) is 0 Å². The molecule has 90 valence electrons. The van der Waals surface area contributed by atoms with Gasteiger partial charge in [0.15, 0.2) is 0 Å². The number of benzene rings is 1. The molecule has 0 saturated carbocycles. The van der Waals surface area contributed by atoms with Crippen LogP contribution < -0.4 is 11.1 Å². The highest BCUT2D eigenvalue weighted by Gasteiger charge is 2.11. The van der Waals surface area contributed by atoms with Crippen LogP contribution in [-0.2, 0) is 6.54 Å². The van der Waals surface area contributed by atoms with Crippen molar-refractivity contribution in [3.05, 3.63) is 34.6 Å². The van der Waals surface area contributed by atoms with Crippen molar-refractivity contribution in [2.24, 2.45) is 11.7 Å². The van der Waals surface area contributed by atoms with Gasteiger partial charge in [-0.2, -0.15) is 0 Å². The summed E-state index contributed by atoms with van der Waals surface area (Å²) in [5.74, 6) is 0.184. The molecule has 1 rings (SSSR count). The van der Waals surface area contributed by atoms with Crippen LogP contribution in [0.3, 0.4) is 0 Å². The van der Waals surface area contributed by atoms with E-state index in [0.717, 1.165) is 0 Å². The maximum absolute atomic E-state index is 13.4. The molecule has 0 radical (unpaired) electrons. The molecule has 0 saturated heterocycles. The predicted octanol–water partition coefficient (Wildman–Crippen LogP) is 2.55. The molecule has 1 atom stereocenters. The molecule has 1 unspecified atom stereocenters. The lowest BCUT2D eigenvalue weighted by Gasteiger charge is -2.20. The maximum atomic E-state index is 13.4. The first-order chi connectivity index (χ1) is 7.54. The zero-order valence-electron chi connectivity index (χ0n) is 9.63. The molecule has 16 heavy (non-hydrogen) atoms. The van der Waals surface area contributed by atoms with E-state index in [2.05, 4.69) is 19.2 Å². The molecule has 4 heteroatoms. The highest BCUT2D eigenvalue weighted by Crippen LogP contribution is 2.15. The molecule has 0 bridgehead atoms. The smallest absolute Gasteiger partial charge is 0.127 e. The average molecular weight is 245 g/mol. The van der Waals surface area contributed by atoms with Crippen LogP contribution in [0.15, 0.2) is 18.2 Å². The monoisotopic (exact) mass is 244 g/mol. The summed E-state index contributed by atoms with van der Waals surface area (Å²) in [5, 5.41) is 3.78. The second-order valence-corrected chi connectivity index (χ2v) is 4.64. The molecule has 0 aromatic heterocycles. The average Bonchev–Trinajstić information content (AvgIpc) is 2.23. The van der Waals surface area contributed by atoms with Gasteiger partial charge in [0, 0.05) is 29.7 Å².